The van der Waals surface area contributed by atoms with Gasteiger partial charge in [-0.2, -0.15) is 0 Å². The number of amides is 1. The molecule has 0 heterocycles. The monoisotopic (exact) mass is 373 g/mol. The second-order valence-corrected chi connectivity index (χ2v) is 5.69. The summed E-state index contributed by atoms with van der Waals surface area (Å²) >= 11 is 0. The Balaban J connectivity index is 2.03. The molecule has 10 nitrogen and oxygen atoms in total. The number of hydrogen-bond acceptors (Lipinski definition) is 6. The van der Waals surface area contributed by atoms with Crippen molar-refractivity contribution in [3.05, 3.63) is 79.9 Å². The molecule has 1 amide bonds. The van der Waals surface area contributed by atoms with Crippen molar-refractivity contribution in [2.24, 2.45) is 0 Å². The average Bonchev–Trinajstić information content (AvgIpc) is 2.61. The van der Waals surface area contributed by atoms with Gasteiger partial charge in [0.1, 0.15) is 6.04 Å². The van der Waals surface area contributed by atoms with E-state index in [1.54, 1.807) is 0 Å². The third-order valence-corrected chi connectivity index (χ3v) is 3.71. The number of aliphatic carboxylic acids is 1. The van der Waals surface area contributed by atoms with Crippen LogP contribution in [0.15, 0.2) is 48.5 Å². The SMILES string of the molecule is O=C(Cc1cccc([N+](=O)[O-])c1)N[C@H](Cc1ccc([N+](=O)[O-])cc1)C(=O)O. The van der Waals surface area contributed by atoms with Crippen LogP contribution in [0.3, 0.4) is 0 Å². The Kier molecular flexibility index (Phi) is 6.15. The highest BCUT2D eigenvalue weighted by Crippen LogP contribution is 2.15. The van der Waals surface area contributed by atoms with Crippen molar-refractivity contribution in [2.45, 2.75) is 18.9 Å². The molecular weight excluding hydrogens is 358 g/mol. The largest absolute Gasteiger partial charge is 0.480 e. The summed E-state index contributed by atoms with van der Waals surface area (Å²) in [4.78, 5) is 43.7. The van der Waals surface area contributed by atoms with Crippen LogP contribution in [0.2, 0.25) is 0 Å². The second-order valence-electron chi connectivity index (χ2n) is 5.69. The number of nitro benzene ring substituents is 2. The van der Waals surface area contributed by atoms with E-state index in [-0.39, 0.29) is 24.2 Å². The summed E-state index contributed by atoms with van der Waals surface area (Å²) in [6.07, 6.45) is -0.278. The fourth-order valence-electron chi connectivity index (χ4n) is 2.40. The van der Waals surface area contributed by atoms with Crippen molar-refractivity contribution < 1.29 is 24.5 Å². The number of non-ortho nitro benzene ring substituents is 2. The first-order chi connectivity index (χ1) is 12.8. The van der Waals surface area contributed by atoms with E-state index in [1.807, 2.05) is 0 Å². The number of hydrogen-bond donors (Lipinski definition) is 2. The minimum absolute atomic E-state index is 0.0615. The van der Waals surface area contributed by atoms with Gasteiger partial charge in [0, 0.05) is 30.7 Å². The molecule has 0 bridgehead atoms. The molecule has 0 spiro atoms. The molecule has 27 heavy (non-hydrogen) atoms. The van der Waals surface area contributed by atoms with Crippen LogP contribution in [0.5, 0.6) is 0 Å². The van der Waals surface area contributed by atoms with E-state index in [2.05, 4.69) is 5.32 Å². The molecule has 0 aliphatic rings. The summed E-state index contributed by atoms with van der Waals surface area (Å²) in [5.41, 5.74) is 0.589. The van der Waals surface area contributed by atoms with Crippen LogP contribution < -0.4 is 5.32 Å². The zero-order valence-corrected chi connectivity index (χ0v) is 13.9. The van der Waals surface area contributed by atoms with Gasteiger partial charge in [0.25, 0.3) is 11.4 Å². The molecule has 0 fully saturated rings. The van der Waals surface area contributed by atoms with Gasteiger partial charge in [-0.15, -0.1) is 0 Å². The maximum atomic E-state index is 12.1. The fraction of sp³-hybridized carbons (Fsp3) is 0.176. The number of rotatable bonds is 8. The van der Waals surface area contributed by atoms with Crippen LogP contribution in [0, 0.1) is 20.2 Å². The molecule has 0 aliphatic carbocycles. The zero-order chi connectivity index (χ0) is 20.0. The molecule has 0 saturated heterocycles. The van der Waals surface area contributed by atoms with Crippen molar-refractivity contribution in [1.29, 1.82) is 0 Å². The van der Waals surface area contributed by atoms with Gasteiger partial charge in [-0.25, -0.2) is 4.79 Å². The van der Waals surface area contributed by atoms with Gasteiger partial charge in [0.2, 0.25) is 5.91 Å². The van der Waals surface area contributed by atoms with E-state index in [9.17, 15) is 34.9 Å². The smallest absolute Gasteiger partial charge is 0.326 e. The van der Waals surface area contributed by atoms with E-state index >= 15 is 0 Å². The molecule has 0 radical (unpaired) electrons. The van der Waals surface area contributed by atoms with E-state index < -0.39 is 27.8 Å². The number of carboxylic acid groups (broad SMARTS) is 1. The highest BCUT2D eigenvalue weighted by molar-refractivity contribution is 5.85. The maximum absolute atomic E-state index is 12.1. The number of nitro groups is 2. The van der Waals surface area contributed by atoms with Gasteiger partial charge in [0.15, 0.2) is 0 Å². The molecule has 2 aromatic rings. The predicted molar refractivity (Wildman–Crippen MR) is 93.2 cm³/mol. The average molecular weight is 373 g/mol. The fourth-order valence-corrected chi connectivity index (χ4v) is 2.40. The van der Waals surface area contributed by atoms with Crippen molar-refractivity contribution in [3.63, 3.8) is 0 Å². The summed E-state index contributed by atoms with van der Waals surface area (Å²) in [7, 11) is 0. The Morgan fingerprint density at radius 1 is 0.963 bits per heavy atom. The third kappa shape index (κ3) is 5.59. The minimum atomic E-state index is -1.26. The van der Waals surface area contributed by atoms with Crippen molar-refractivity contribution in [3.8, 4) is 0 Å². The molecular formula is C17H15N3O7. The molecule has 10 heteroatoms. The summed E-state index contributed by atoms with van der Waals surface area (Å²) in [5.74, 6) is -1.87. The first-order valence-corrected chi connectivity index (χ1v) is 7.75. The van der Waals surface area contributed by atoms with Gasteiger partial charge in [-0.05, 0) is 11.1 Å². The lowest BCUT2D eigenvalue weighted by atomic mass is 10.0. The molecule has 2 rings (SSSR count). The Labute approximate surface area is 152 Å². The number of benzene rings is 2. The summed E-state index contributed by atoms with van der Waals surface area (Å²) in [5, 5.41) is 33.1. The molecule has 2 N–H and O–H groups in total. The van der Waals surface area contributed by atoms with Gasteiger partial charge in [0.05, 0.1) is 16.3 Å². The maximum Gasteiger partial charge on any atom is 0.326 e. The molecule has 1 atom stereocenters. The van der Waals surface area contributed by atoms with Crippen LogP contribution in [0.25, 0.3) is 0 Å². The molecule has 0 aliphatic heterocycles. The summed E-state index contributed by atoms with van der Waals surface area (Å²) in [6, 6.07) is 9.59. The number of nitrogens with one attached hydrogen (secondary N) is 1. The van der Waals surface area contributed by atoms with Crippen LogP contribution in [0.4, 0.5) is 11.4 Å². The van der Waals surface area contributed by atoms with E-state index in [4.69, 9.17) is 0 Å². The predicted octanol–water partition coefficient (Wildman–Crippen LogP) is 1.86. The minimum Gasteiger partial charge on any atom is -0.480 e. The van der Waals surface area contributed by atoms with Gasteiger partial charge in [-0.1, -0.05) is 24.3 Å². The quantitative estimate of drug-likeness (QED) is 0.529. The molecule has 2 aromatic carbocycles. The lowest BCUT2D eigenvalue weighted by Crippen LogP contribution is -2.43. The lowest BCUT2D eigenvalue weighted by Gasteiger charge is -2.14. The number of carbonyl (C=O) groups is 2. The van der Waals surface area contributed by atoms with Crippen LogP contribution in [-0.4, -0.2) is 32.9 Å². The van der Waals surface area contributed by atoms with Crippen molar-refractivity contribution in [1.82, 2.24) is 5.32 Å². The Morgan fingerprint density at radius 3 is 2.15 bits per heavy atom. The molecule has 0 unspecified atom stereocenters. The van der Waals surface area contributed by atoms with Gasteiger partial charge in [-0.3, -0.25) is 25.0 Å². The van der Waals surface area contributed by atoms with Gasteiger partial charge < -0.3 is 10.4 Å². The van der Waals surface area contributed by atoms with Crippen LogP contribution >= 0.6 is 0 Å². The van der Waals surface area contributed by atoms with E-state index in [1.165, 1.54) is 48.5 Å². The Hall–Kier alpha value is -3.82. The number of carbonyl (C=O) groups excluding carboxylic acids is 1. The van der Waals surface area contributed by atoms with Gasteiger partial charge >= 0.3 is 5.97 Å². The summed E-state index contributed by atoms with van der Waals surface area (Å²) in [6.45, 7) is 0. The normalized spacial score (nSPS) is 11.4. The zero-order valence-electron chi connectivity index (χ0n) is 13.9. The van der Waals surface area contributed by atoms with Crippen LogP contribution in [-0.2, 0) is 22.4 Å². The second kappa shape index (κ2) is 8.52. The van der Waals surface area contributed by atoms with E-state index in [0.29, 0.717) is 11.1 Å². The van der Waals surface area contributed by atoms with Crippen molar-refractivity contribution >= 4 is 23.3 Å². The lowest BCUT2D eigenvalue weighted by molar-refractivity contribution is -0.385. The highest BCUT2D eigenvalue weighted by atomic mass is 16.6. The summed E-state index contributed by atoms with van der Waals surface area (Å²) < 4.78 is 0. The first-order valence-electron chi connectivity index (χ1n) is 7.75. The first kappa shape index (κ1) is 19.5. The molecule has 140 valence electrons. The standard InChI is InChI=1S/C17H15N3O7/c21-16(10-12-2-1-3-14(8-12)20(26)27)18-15(17(22)23)9-11-4-6-13(7-5-11)19(24)25/h1-8,15H,9-10H2,(H,18,21)(H,22,23)/t15-/m1/s1. The van der Waals surface area contributed by atoms with E-state index in [0.717, 1.165) is 0 Å². The molecule has 0 saturated carbocycles. The number of nitrogens with zero attached hydrogens (tertiary/aromatic N) is 2. The number of carboxylic acids is 1. The topological polar surface area (TPSA) is 153 Å². The Morgan fingerprint density at radius 2 is 1.59 bits per heavy atom. The third-order valence-electron chi connectivity index (χ3n) is 3.71. The highest BCUT2D eigenvalue weighted by Gasteiger charge is 2.21. The Bertz CT molecular complexity index is 880. The van der Waals surface area contributed by atoms with Crippen molar-refractivity contribution in [2.75, 3.05) is 0 Å². The molecule has 0 aromatic heterocycles. The van der Waals surface area contributed by atoms with Crippen LogP contribution in [0.1, 0.15) is 11.1 Å².